The molecule has 0 saturated carbocycles. The lowest BCUT2D eigenvalue weighted by atomic mass is 10.1. The van der Waals surface area contributed by atoms with E-state index in [0.717, 1.165) is 12.1 Å². The summed E-state index contributed by atoms with van der Waals surface area (Å²) in [4.78, 5) is 2.43. The van der Waals surface area contributed by atoms with E-state index in [-0.39, 0.29) is 10.8 Å². The molecule has 20 heavy (non-hydrogen) atoms. The molecule has 6 heteroatoms. The van der Waals surface area contributed by atoms with E-state index < -0.39 is 10.0 Å². The minimum absolute atomic E-state index is 0.168. The van der Waals surface area contributed by atoms with Gasteiger partial charge in [-0.25, -0.2) is 4.83 Å². The van der Waals surface area contributed by atoms with Gasteiger partial charge in [-0.05, 0) is 50.5 Å². The second kappa shape index (κ2) is 7.28. The topological polar surface area (TPSA) is 67.8 Å². The molecule has 0 radical (unpaired) electrons. The summed E-state index contributed by atoms with van der Waals surface area (Å²) in [5, 5.41) is 3.95. The van der Waals surface area contributed by atoms with Crippen LogP contribution in [0.4, 0.5) is 0 Å². The van der Waals surface area contributed by atoms with E-state index in [1.54, 1.807) is 12.1 Å². The number of hydrogen-bond acceptors (Lipinski definition) is 4. The van der Waals surface area contributed by atoms with Crippen LogP contribution in [-0.2, 0) is 10.0 Å². The highest BCUT2D eigenvalue weighted by atomic mass is 32.2. The summed E-state index contributed by atoms with van der Waals surface area (Å²) in [5.41, 5.74) is 0.766. The molecular weight excluding hydrogens is 276 g/mol. The Bertz CT molecular complexity index is 550. The smallest absolute Gasteiger partial charge is 0.276 e. The van der Waals surface area contributed by atoms with Crippen LogP contribution in [0.2, 0.25) is 0 Å². The van der Waals surface area contributed by atoms with Gasteiger partial charge < -0.3 is 4.74 Å². The number of sulfonamides is 1. The molecule has 5 nitrogen and oxygen atoms in total. The standard InChI is InChI=1S/C14H22N2O3S/c1-5-11(3)12(4)15-16-20(17,18)14-9-7-13(8-10-14)19-6-2/h7-11,16H,5-6H2,1-4H3/b15-12-/t11-/m0/s1. The quantitative estimate of drug-likeness (QED) is 0.621. The van der Waals surface area contributed by atoms with Gasteiger partial charge in [0.1, 0.15) is 5.75 Å². The van der Waals surface area contributed by atoms with Crippen molar-refractivity contribution in [2.75, 3.05) is 6.61 Å². The Morgan fingerprint density at radius 2 is 1.90 bits per heavy atom. The van der Waals surface area contributed by atoms with Crippen molar-refractivity contribution in [3.8, 4) is 5.75 Å². The Hall–Kier alpha value is -1.56. The normalized spacial score (nSPS) is 13.9. The van der Waals surface area contributed by atoms with E-state index in [0.29, 0.717) is 12.4 Å². The summed E-state index contributed by atoms with van der Waals surface area (Å²) in [6.07, 6.45) is 0.917. The van der Waals surface area contributed by atoms with E-state index in [9.17, 15) is 8.42 Å². The molecule has 1 rings (SSSR count). The summed E-state index contributed by atoms with van der Waals surface area (Å²) in [7, 11) is -3.62. The maximum Gasteiger partial charge on any atom is 0.276 e. The third kappa shape index (κ3) is 4.52. The molecule has 0 unspecified atom stereocenters. The zero-order valence-corrected chi connectivity index (χ0v) is 13.2. The molecule has 0 saturated heterocycles. The molecule has 0 heterocycles. The van der Waals surface area contributed by atoms with E-state index in [2.05, 4.69) is 9.93 Å². The fourth-order valence-electron chi connectivity index (χ4n) is 1.47. The van der Waals surface area contributed by atoms with Crippen molar-refractivity contribution in [1.82, 2.24) is 4.83 Å². The van der Waals surface area contributed by atoms with Crippen molar-refractivity contribution in [1.29, 1.82) is 0 Å². The highest BCUT2D eigenvalue weighted by Gasteiger charge is 2.13. The number of hydrogen-bond donors (Lipinski definition) is 1. The van der Waals surface area contributed by atoms with Crippen LogP contribution in [0, 0.1) is 5.92 Å². The Balaban J connectivity index is 2.83. The lowest BCUT2D eigenvalue weighted by Crippen LogP contribution is -2.21. The fraction of sp³-hybridized carbons (Fsp3) is 0.500. The molecule has 0 fully saturated rings. The van der Waals surface area contributed by atoms with Gasteiger partial charge in [-0.2, -0.15) is 13.5 Å². The van der Waals surface area contributed by atoms with E-state index in [1.807, 2.05) is 27.7 Å². The zero-order valence-electron chi connectivity index (χ0n) is 12.4. The fourth-order valence-corrected chi connectivity index (χ4v) is 2.34. The maximum absolute atomic E-state index is 12.1. The molecule has 1 atom stereocenters. The SMILES string of the molecule is CCOc1ccc(S(=O)(=O)N/N=C(/C)[C@@H](C)CC)cc1. The summed E-state index contributed by atoms with van der Waals surface area (Å²) in [6, 6.07) is 6.26. The number of ether oxygens (including phenoxy) is 1. The van der Waals surface area contributed by atoms with Gasteiger partial charge in [0, 0.05) is 5.71 Å². The van der Waals surface area contributed by atoms with Crippen molar-refractivity contribution in [2.24, 2.45) is 11.0 Å². The largest absolute Gasteiger partial charge is 0.494 e. The van der Waals surface area contributed by atoms with Crippen LogP contribution in [0.1, 0.15) is 34.1 Å². The minimum atomic E-state index is -3.62. The first-order valence-electron chi connectivity index (χ1n) is 6.69. The molecule has 0 amide bonds. The first-order chi connectivity index (χ1) is 9.40. The van der Waals surface area contributed by atoms with E-state index in [4.69, 9.17) is 4.74 Å². The van der Waals surface area contributed by atoms with Gasteiger partial charge in [0.15, 0.2) is 0 Å². The van der Waals surface area contributed by atoms with Crippen LogP contribution >= 0.6 is 0 Å². The van der Waals surface area contributed by atoms with Crippen molar-refractivity contribution < 1.29 is 13.2 Å². The average molecular weight is 298 g/mol. The van der Waals surface area contributed by atoms with E-state index >= 15 is 0 Å². The molecular formula is C14H22N2O3S. The van der Waals surface area contributed by atoms with Crippen LogP contribution in [0.3, 0.4) is 0 Å². The molecule has 0 bridgehead atoms. The number of nitrogens with one attached hydrogen (secondary N) is 1. The first-order valence-corrected chi connectivity index (χ1v) is 8.17. The molecule has 1 aromatic rings. The van der Waals surface area contributed by atoms with Crippen LogP contribution in [0.25, 0.3) is 0 Å². The summed E-state index contributed by atoms with van der Waals surface area (Å²) in [5.74, 6) is 0.892. The zero-order chi connectivity index (χ0) is 15.2. The molecule has 1 aromatic carbocycles. The van der Waals surface area contributed by atoms with Gasteiger partial charge in [0.05, 0.1) is 11.5 Å². The predicted molar refractivity (Wildman–Crippen MR) is 80.5 cm³/mol. The number of benzene rings is 1. The molecule has 0 aliphatic heterocycles. The van der Waals surface area contributed by atoms with Crippen LogP contribution < -0.4 is 9.57 Å². The first kappa shape index (κ1) is 16.5. The van der Waals surface area contributed by atoms with Gasteiger partial charge in [-0.15, -0.1) is 0 Å². The summed E-state index contributed by atoms with van der Waals surface area (Å²) >= 11 is 0. The maximum atomic E-state index is 12.1. The molecule has 0 spiro atoms. The van der Waals surface area contributed by atoms with Gasteiger partial charge in [-0.1, -0.05) is 13.8 Å². The van der Waals surface area contributed by atoms with Crippen LogP contribution in [-0.4, -0.2) is 20.7 Å². The minimum Gasteiger partial charge on any atom is -0.494 e. The van der Waals surface area contributed by atoms with Gasteiger partial charge in [-0.3, -0.25) is 0 Å². The Morgan fingerprint density at radius 1 is 1.30 bits per heavy atom. The summed E-state index contributed by atoms with van der Waals surface area (Å²) < 4.78 is 29.4. The monoisotopic (exact) mass is 298 g/mol. The van der Waals surface area contributed by atoms with Gasteiger partial charge >= 0.3 is 0 Å². The van der Waals surface area contributed by atoms with Crippen LogP contribution in [0.5, 0.6) is 5.75 Å². The summed E-state index contributed by atoms with van der Waals surface area (Å²) in [6.45, 7) is 8.27. The number of hydrazone groups is 1. The third-order valence-electron chi connectivity index (χ3n) is 3.11. The lowest BCUT2D eigenvalue weighted by molar-refractivity contribution is 0.340. The van der Waals surface area contributed by atoms with Gasteiger partial charge in [0.2, 0.25) is 0 Å². The van der Waals surface area contributed by atoms with Crippen molar-refractivity contribution in [2.45, 2.75) is 39.0 Å². The number of rotatable bonds is 7. The van der Waals surface area contributed by atoms with Gasteiger partial charge in [0.25, 0.3) is 10.0 Å². The second-order valence-corrected chi connectivity index (χ2v) is 6.22. The van der Waals surface area contributed by atoms with Crippen molar-refractivity contribution in [3.63, 3.8) is 0 Å². The highest BCUT2D eigenvalue weighted by molar-refractivity contribution is 7.89. The lowest BCUT2D eigenvalue weighted by Gasteiger charge is -2.09. The molecule has 0 aliphatic rings. The second-order valence-electron chi connectivity index (χ2n) is 4.56. The molecule has 0 aliphatic carbocycles. The number of nitrogens with zero attached hydrogens (tertiary/aromatic N) is 1. The Kier molecular flexibility index (Phi) is 6.01. The molecule has 0 aromatic heterocycles. The third-order valence-corrected chi connectivity index (χ3v) is 4.34. The predicted octanol–water partition coefficient (Wildman–Crippen LogP) is 2.79. The van der Waals surface area contributed by atoms with Crippen molar-refractivity contribution in [3.05, 3.63) is 24.3 Å². The average Bonchev–Trinajstić information content (AvgIpc) is 2.45. The van der Waals surface area contributed by atoms with Crippen LogP contribution in [0.15, 0.2) is 34.3 Å². The molecule has 112 valence electrons. The Morgan fingerprint density at radius 3 is 2.40 bits per heavy atom. The molecule has 1 N–H and O–H groups in total. The Labute approximate surface area is 121 Å². The van der Waals surface area contributed by atoms with Crippen molar-refractivity contribution >= 4 is 15.7 Å². The van der Waals surface area contributed by atoms with E-state index in [1.165, 1.54) is 12.1 Å². The highest BCUT2D eigenvalue weighted by Crippen LogP contribution is 2.16.